The summed E-state index contributed by atoms with van der Waals surface area (Å²) in [5.41, 5.74) is 2.73. The Labute approximate surface area is 275 Å². The van der Waals surface area contributed by atoms with E-state index >= 15 is 0 Å². The largest absolute Gasteiger partial charge is 0.454 e. The number of Topliss-reactive ketones (excluding diaryl/α,β-unsaturated/α-hetero) is 1. The van der Waals surface area contributed by atoms with Crippen LogP contribution in [0.3, 0.4) is 0 Å². The molecule has 0 saturated carbocycles. The first-order chi connectivity index (χ1) is 21.4. The third-order valence-corrected chi connectivity index (χ3v) is 9.41. The van der Waals surface area contributed by atoms with Crippen LogP contribution in [0.15, 0.2) is 53.5 Å². The molecule has 1 fully saturated rings. The van der Waals surface area contributed by atoms with Gasteiger partial charge in [-0.3, -0.25) is 14.5 Å². The van der Waals surface area contributed by atoms with Crippen molar-refractivity contribution < 1.29 is 14.3 Å². The molecule has 246 valence electrons. The number of likely N-dealkylation sites (N-methyl/N-ethyl adjacent to an activating group) is 1. The summed E-state index contributed by atoms with van der Waals surface area (Å²) in [6, 6.07) is 15.9. The van der Waals surface area contributed by atoms with Crippen molar-refractivity contribution >= 4 is 29.3 Å². The van der Waals surface area contributed by atoms with E-state index in [1.807, 2.05) is 54.2 Å². The van der Waals surface area contributed by atoms with Gasteiger partial charge in [0.05, 0.1) is 6.04 Å². The summed E-state index contributed by atoms with van der Waals surface area (Å²) >= 11 is 6.48. The van der Waals surface area contributed by atoms with Crippen LogP contribution in [0.4, 0.5) is 0 Å². The Morgan fingerprint density at radius 2 is 1.80 bits per heavy atom. The second kappa shape index (κ2) is 15.6. The number of unbranched alkanes of at least 4 members (excludes halogenated alkanes) is 1. The molecule has 0 bridgehead atoms. The highest BCUT2D eigenvalue weighted by atomic mass is 35.5. The van der Waals surface area contributed by atoms with Gasteiger partial charge in [-0.05, 0) is 97.0 Å². The summed E-state index contributed by atoms with van der Waals surface area (Å²) in [4.78, 5) is 41.3. The maximum atomic E-state index is 14.2. The zero-order valence-electron chi connectivity index (χ0n) is 28.3. The average molecular weight is 638 g/mol. The Morgan fingerprint density at radius 3 is 2.44 bits per heavy atom. The molecule has 2 aromatic rings. The molecule has 0 aromatic heterocycles. The molecule has 1 saturated heterocycles. The number of piperazine rings is 1. The first-order valence-electron chi connectivity index (χ1n) is 16.4. The number of ether oxygens (including phenoxy) is 1. The molecule has 4 rings (SSSR count). The molecular weight excluding hydrogens is 586 g/mol. The van der Waals surface area contributed by atoms with Crippen molar-refractivity contribution in [2.45, 2.75) is 83.0 Å². The molecule has 0 aliphatic carbocycles. The molecule has 0 N–H and O–H groups in total. The van der Waals surface area contributed by atoms with Gasteiger partial charge in [-0.1, -0.05) is 67.4 Å². The number of aryl methyl sites for hydroxylation is 2. The fourth-order valence-corrected chi connectivity index (χ4v) is 6.69. The summed E-state index contributed by atoms with van der Waals surface area (Å²) in [7, 11) is 8.05. The van der Waals surface area contributed by atoms with Gasteiger partial charge in [0.15, 0.2) is 11.9 Å². The molecule has 0 spiro atoms. The lowest BCUT2D eigenvalue weighted by atomic mass is 9.93. The lowest BCUT2D eigenvalue weighted by Gasteiger charge is -2.43. The maximum absolute atomic E-state index is 14.2. The van der Waals surface area contributed by atoms with Gasteiger partial charge in [0.1, 0.15) is 11.6 Å². The SMILES string of the molecule is CCc1ccc(CCC(=O)[C@@H]2CN(C3=NC(C)(C)C(c4ccccc4)O3)CCN2C(=O)[C@@H](CCCCN(C)C)N(C)C)cc1Cl. The van der Waals surface area contributed by atoms with Gasteiger partial charge in [0.2, 0.25) is 5.91 Å². The Morgan fingerprint density at radius 1 is 1.07 bits per heavy atom. The highest BCUT2D eigenvalue weighted by Gasteiger charge is 2.44. The van der Waals surface area contributed by atoms with Crippen LogP contribution in [0.5, 0.6) is 0 Å². The topological polar surface area (TPSA) is 68.7 Å². The van der Waals surface area contributed by atoms with Crippen LogP contribution in [0.25, 0.3) is 0 Å². The summed E-state index contributed by atoms with van der Waals surface area (Å²) < 4.78 is 6.50. The summed E-state index contributed by atoms with van der Waals surface area (Å²) in [5, 5.41) is 0.734. The van der Waals surface area contributed by atoms with Gasteiger partial charge in [-0.2, -0.15) is 0 Å². The zero-order valence-corrected chi connectivity index (χ0v) is 29.0. The summed E-state index contributed by atoms with van der Waals surface area (Å²) in [5.74, 6) is 0.0706. The molecule has 1 amide bonds. The fraction of sp³-hybridized carbons (Fsp3) is 0.583. The number of nitrogens with zero attached hydrogens (tertiary/aromatic N) is 5. The second-order valence-corrected chi connectivity index (χ2v) is 13.9. The highest BCUT2D eigenvalue weighted by Crippen LogP contribution is 2.38. The van der Waals surface area contributed by atoms with Crippen molar-refractivity contribution in [1.29, 1.82) is 0 Å². The van der Waals surface area contributed by atoms with Gasteiger partial charge in [0.25, 0.3) is 6.02 Å². The van der Waals surface area contributed by atoms with E-state index in [1.54, 1.807) is 0 Å². The van der Waals surface area contributed by atoms with Crippen LogP contribution in [0.1, 0.15) is 69.2 Å². The van der Waals surface area contributed by atoms with E-state index < -0.39 is 11.6 Å². The number of hydrogen-bond acceptors (Lipinski definition) is 7. The van der Waals surface area contributed by atoms with Crippen LogP contribution < -0.4 is 0 Å². The molecule has 2 aromatic carbocycles. The zero-order chi connectivity index (χ0) is 32.7. The van der Waals surface area contributed by atoms with Crippen molar-refractivity contribution in [1.82, 2.24) is 19.6 Å². The molecule has 0 radical (unpaired) electrons. The van der Waals surface area contributed by atoms with E-state index in [1.165, 1.54) is 0 Å². The van der Waals surface area contributed by atoms with E-state index in [-0.39, 0.29) is 23.8 Å². The normalized spacial score (nSPS) is 20.4. The number of carbonyl (C=O) groups excluding carboxylic acids is 2. The predicted molar refractivity (Wildman–Crippen MR) is 183 cm³/mol. The molecule has 9 heteroatoms. The standard InChI is InChI=1S/C36H52ClN5O3/c1-8-27-19-17-26(24-29(27)37)18-20-32(43)31-25-41(35-38-36(2,3)33(45-35)28-14-10-9-11-15-28)22-23-42(31)34(44)30(40(6)7)16-12-13-21-39(4)5/h9-11,14-15,17,19,24,30-31,33H,8,12-13,16,18,20-23,25H2,1-7H3/t30-,31+,33?/m1/s1. The minimum Gasteiger partial charge on any atom is -0.454 e. The van der Waals surface area contributed by atoms with Crippen LogP contribution in [-0.2, 0) is 27.2 Å². The molecule has 45 heavy (non-hydrogen) atoms. The van der Waals surface area contributed by atoms with Crippen molar-refractivity contribution in [3.63, 3.8) is 0 Å². The summed E-state index contributed by atoms with van der Waals surface area (Å²) in [6.07, 6.45) is 4.26. The van der Waals surface area contributed by atoms with Crippen molar-refractivity contribution in [2.24, 2.45) is 4.99 Å². The van der Waals surface area contributed by atoms with Gasteiger partial charge in [-0.25, -0.2) is 4.99 Å². The van der Waals surface area contributed by atoms with Gasteiger partial charge >= 0.3 is 0 Å². The van der Waals surface area contributed by atoms with Crippen molar-refractivity contribution in [3.05, 3.63) is 70.2 Å². The maximum Gasteiger partial charge on any atom is 0.288 e. The number of amidine groups is 1. The predicted octanol–water partition coefficient (Wildman–Crippen LogP) is 5.49. The van der Waals surface area contributed by atoms with Crippen LogP contribution in [0, 0.1) is 0 Å². The van der Waals surface area contributed by atoms with Gasteiger partial charge < -0.3 is 19.4 Å². The molecule has 1 unspecified atom stereocenters. The number of amides is 1. The minimum absolute atomic E-state index is 0.0231. The first-order valence-corrected chi connectivity index (χ1v) is 16.8. The van der Waals surface area contributed by atoms with E-state index in [0.29, 0.717) is 38.5 Å². The molecular formula is C36H52ClN5O3. The van der Waals surface area contributed by atoms with E-state index in [0.717, 1.165) is 53.9 Å². The fourth-order valence-electron chi connectivity index (χ4n) is 6.35. The molecule has 2 aliphatic heterocycles. The Balaban J connectivity index is 1.53. The molecule has 8 nitrogen and oxygen atoms in total. The number of ketones is 1. The van der Waals surface area contributed by atoms with E-state index in [2.05, 4.69) is 62.9 Å². The number of benzene rings is 2. The van der Waals surface area contributed by atoms with Crippen molar-refractivity contribution in [3.8, 4) is 0 Å². The number of carbonyl (C=O) groups is 2. The number of rotatable bonds is 13. The third kappa shape index (κ3) is 8.87. The highest BCUT2D eigenvalue weighted by molar-refractivity contribution is 6.31. The minimum atomic E-state index is -0.592. The lowest BCUT2D eigenvalue weighted by Crippen LogP contribution is -2.62. The Bertz CT molecular complexity index is 1330. The molecule has 2 aliphatic rings. The van der Waals surface area contributed by atoms with Gasteiger partial charge in [-0.15, -0.1) is 0 Å². The van der Waals surface area contributed by atoms with Crippen molar-refractivity contribution in [2.75, 3.05) is 54.4 Å². The summed E-state index contributed by atoms with van der Waals surface area (Å²) in [6.45, 7) is 8.57. The Hall–Kier alpha value is -2.94. The van der Waals surface area contributed by atoms with Crippen LogP contribution in [-0.4, -0.2) is 109 Å². The third-order valence-electron chi connectivity index (χ3n) is 9.06. The number of aliphatic imine (C=N–C) groups is 1. The quantitative estimate of drug-likeness (QED) is 0.271. The van der Waals surface area contributed by atoms with E-state index in [4.69, 9.17) is 21.3 Å². The average Bonchev–Trinajstić information content (AvgIpc) is 3.34. The van der Waals surface area contributed by atoms with Crippen LogP contribution >= 0.6 is 11.6 Å². The second-order valence-electron chi connectivity index (χ2n) is 13.5. The van der Waals surface area contributed by atoms with Gasteiger partial charge in [0, 0.05) is 31.1 Å². The smallest absolute Gasteiger partial charge is 0.288 e. The van der Waals surface area contributed by atoms with E-state index in [9.17, 15) is 9.59 Å². The first kappa shape index (κ1) is 34.9. The monoisotopic (exact) mass is 637 g/mol. The number of halogens is 1. The Kier molecular flexibility index (Phi) is 12.1. The number of hydrogen-bond donors (Lipinski definition) is 0. The molecule has 3 atom stereocenters. The molecule has 2 heterocycles. The lowest BCUT2D eigenvalue weighted by molar-refractivity contribution is -0.146. The van der Waals surface area contributed by atoms with Crippen LogP contribution in [0.2, 0.25) is 5.02 Å².